The van der Waals surface area contributed by atoms with E-state index in [1.54, 1.807) is 0 Å². The van der Waals surface area contributed by atoms with Gasteiger partial charge in [-0.3, -0.25) is 4.90 Å². The van der Waals surface area contributed by atoms with Gasteiger partial charge in [0.05, 0.1) is 26.4 Å². The van der Waals surface area contributed by atoms with Crippen LogP contribution in [0.25, 0.3) is 0 Å². The van der Waals surface area contributed by atoms with Crippen molar-refractivity contribution in [3.8, 4) is 17.6 Å². The summed E-state index contributed by atoms with van der Waals surface area (Å²) in [5.41, 5.74) is 0.953. The molecule has 4 heteroatoms. The Balaban J connectivity index is 1.95. The average molecular weight is 305 g/mol. The molecule has 0 radical (unpaired) electrons. The fourth-order valence-electron chi connectivity index (χ4n) is 2.01. The number of thiol groups is 1. The van der Waals surface area contributed by atoms with Crippen LogP contribution in [0.2, 0.25) is 0 Å². The lowest BCUT2D eigenvalue weighted by Gasteiger charge is -2.24. The van der Waals surface area contributed by atoms with Crippen molar-refractivity contribution in [3.63, 3.8) is 0 Å². The molecule has 1 heterocycles. The molecule has 1 fully saturated rings. The molecule has 1 aromatic rings. The largest absolute Gasteiger partial charge is 0.493 e. The molecule has 1 aromatic carbocycles. The molecule has 0 unspecified atom stereocenters. The number of nitrogens with zero attached hydrogens (tertiary/aromatic N) is 1. The Bertz CT molecular complexity index is 513. The monoisotopic (exact) mass is 305 g/mol. The maximum atomic E-state index is 5.74. The van der Waals surface area contributed by atoms with Gasteiger partial charge >= 0.3 is 0 Å². The first-order valence-electron chi connectivity index (χ1n) is 7.39. The minimum absolute atomic E-state index is 0.504. The van der Waals surface area contributed by atoms with E-state index in [1.165, 1.54) is 0 Å². The second-order valence-corrected chi connectivity index (χ2v) is 6.13. The van der Waals surface area contributed by atoms with Gasteiger partial charge in [-0.25, -0.2) is 0 Å². The first-order valence-corrected chi connectivity index (χ1v) is 7.84. The van der Waals surface area contributed by atoms with Gasteiger partial charge in [0.25, 0.3) is 0 Å². The lowest BCUT2D eigenvalue weighted by Crippen LogP contribution is -2.36. The molecule has 0 saturated carbocycles. The smallest absolute Gasteiger partial charge is 0.121 e. The van der Waals surface area contributed by atoms with E-state index >= 15 is 0 Å². The number of benzene rings is 1. The van der Waals surface area contributed by atoms with Crippen molar-refractivity contribution in [3.05, 3.63) is 23.8 Å². The van der Waals surface area contributed by atoms with Gasteiger partial charge in [-0.1, -0.05) is 25.7 Å². The molecule has 1 aliphatic rings. The van der Waals surface area contributed by atoms with E-state index in [1.807, 2.05) is 18.2 Å². The fourth-order valence-corrected chi connectivity index (χ4v) is 2.28. The third-order valence-electron chi connectivity index (χ3n) is 3.11. The van der Waals surface area contributed by atoms with Gasteiger partial charge in [-0.15, -0.1) is 12.6 Å². The Morgan fingerprint density at radius 3 is 2.76 bits per heavy atom. The second-order valence-electron chi connectivity index (χ2n) is 5.61. The van der Waals surface area contributed by atoms with Gasteiger partial charge in [0.1, 0.15) is 5.75 Å². The number of morpholine rings is 1. The van der Waals surface area contributed by atoms with Crippen LogP contribution in [0.5, 0.6) is 5.75 Å². The summed E-state index contributed by atoms with van der Waals surface area (Å²) >= 11 is 4.42. The van der Waals surface area contributed by atoms with Crippen LogP contribution in [0.4, 0.5) is 0 Å². The Labute approximate surface area is 133 Å². The molecule has 0 N–H and O–H groups in total. The third-order valence-corrected chi connectivity index (χ3v) is 3.37. The van der Waals surface area contributed by atoms with Gasteiger partial charge in [-0.2, -0.15) is 0 Å². The molecule has 0 aromatic heterocycles. The summed E-state index contributed by atoms with van der Waals surface area (Å²) in [5.74, 6) is 7.76. The highest BCUT2D eigenvalue weighted by Crippen LogP contribution is 2.20. The first kappa shape index (κ1) is 16.2. The van der Waals surface area contributed by atoms with Crippen LogP contribution in [-0.4, -0.2) is 44.4 Å². The Hall–Kier alpha value is -1.15. The molecule has 2 rings (SSSR count). The molecular weight excluding hydrogens is 282 g/mol. The molecule has 1 aliphatic heterocycles. The van der Waals surface area contributed by atoms with E-state index in [9.17, 15) is 0 Å². The lowest BCUT2D eigenvalue weighted by molar-refractivity contribution is 0.0443. The van der Waals surface area contributed by atoms with Crippen molar-refractivity contribution in [1.29, 1.82) is 0 Å². The normalized spacial score (nSPS) is 15.6. The predicted molar refractivity (Wildman–Crippen MR) is 88.2 cm³/mol. The average Bonchev–Trinajstić information content (AvgIpc) is 2.46. The van der Waals surface area contributed by atoms with E-state index in [2.05, 4.69) is 43.2 Å². The van der Waals surface area contributed by atoms with Crippen LogP contribution in [0.1, 0.15) is 19.4 Å². The minimum atomic E-state index is 0.504. The molecule has 0 amide bonds. The summed E-state index contributed by atoms with van der Waals surface area (Å²) in [6.45, 7) is 9.29. The van der Waals surface area contributed by atoms with E-state index in [4.69, 9.17) is 9.47 Å². The van der Waals surface area contributed by atoms with Crippen molar-refractivity contribution in [2.45, 2.75) is 18.7 Å². The molecule has 0 spiro atoms. The van der Waals surface area contributed by atoms with Crippen LogP contribution >= 0.6 is 12.6 Å². The SMILES string of the molecule is CC(C)COc1cc(S)cc(C#CCN2CCOCC2)c1. The zero-order valence-electron chi connectivity index (χ0n) is 12.8. The Morgan fingerprint density at radius 1 is 1.29 bits per heavy atom. The summed E-state index contributed by atoms with van der Waals surface area (Å²) in [5, 5.41) is 0. The maximum absolute atomic E-state index is 5.74. The van der Waals surface area contributed by atoms with Gasteiger partial charge in [0, 0.05) is 23.5 Å². The second kappa shape index (κ2) is 8.33. The summed E-state index contributed by atoms with van der Waals surface area (Å²) in [6.07, 6.45) is 0. The van der Waals surface area contributed by atoms with Crippen LogP contribution in [0.3, 0.4) is 0 Å². The number of rotatable bonds is 4. The Morgan fingerprint density at radius 2 is 2.05 bits per heavy atom. The maximum Gasteiger partial charge on any atom is 0.121 e. The zero-order chi connectivity index (χ0) is 15.1. The highest BCUT2D eigenvalue weighted by molar-refractivity contribution is 7.80. The summed E-state index contributed by atoms with van der Waals surface area (Å²) in [4.78, 5) is 3.18. The minimum Gasteiger partial charge on any atom is -0.493 e. The standard InChI is InChI=1S/C17H23NO2S/c1-14(2)13-20-16-10-15(11-17(21)12-16)4-3-5-18-6-8-19-9-7-18/h10-12,14,21H,5-9,13H2,1-2H3. The molecule has 1 saturated heterocycles. The first-order chi connectivity index (χ1) is 10.1. The van der Waals surface area contributed by atoms with E-state index in [-0.39, 0.29) is 0 Å². The number of ether oxygens (including phenoxy) is 2. The van der Waals surface area contributed by atoms with Crippen molar-refractivity contribution in [2.24, 2.45) is 5.92 Å². The van der Waals surface area contributed by atoms with Crippen LogP contribution < -0.4 is 4.74 Å². The van der Waals surface area contributed by atoms with Crippen molar-refractivity contribution in [1.82, 2.24) is 4.90 Å². The number of hydrogen-bond acceptors (Lipinski definition) is 4. The molecule has 114 valence electrons. The lowest BCUT2D eigenvalue weighted by atomic mass is 10.2. The van der Waals surface area contributed by atoms with E-state index < -0.39 is 0 Å². The van der Waals surface area contributed by atoms with Crippen molar-refractivity contribution < 1.29 is 9.47 Å². The van der Waals surface area contributed by atoms with Crippen LogP contribution in [-0.2, 0) is 4.74 Å². The molecule has 3 nitrogen and oxygen atoms in total. The van der Waals surface area contributed by atoms with E-state index in [0.717, 1.165) is 49.1 Å². The van der Waals surface area contributed by atoms with Gasteiger partial charge in [0.2, 0.25) is 0 Å². The summed E-state index contributed by atoms with van der Waals surface area (Å²) in [7, 11) is 0. The van der Waals surface area contributed by atoms with Gasteiger partial charge in [-0.05, 0) is 24.1 Å². The third kappa shape index (κ3) is 6.01. The van der Waals surface area contributed by atoms with Gasteiger partial charge in [0.15, 0.2) is 0 Å². The summed E-state index contributed by atoms with van der Waals surface area (Å²) in [6, 6.07) is 5.88. The molecule has 0 aliphatic carbocycles. The molecular formula is C17H23NO2S. The topological polar surface area (TPSA) is 21.7 Å². The molecule has 0 bridgehead atoms. The van der Waals surface area contributed by atoms with Crippen LogP contribution in [0.15, 0.2) is 23.1 Å². The number of hydrogen-bond donors (Lipinski definition) is 1. The predicted octanol–water partition coefficient (Wildman–Crippen LogP) is 2.69. The van der Waals surface area contributed by atoms with Crippen LogP contribution in [0, 0.1) is 17.8 Å². The quantitative estimate of drug-likeness (QED) is 0.683. The summed E-state index contributed by atoms with van der Waals surface area (Å²) < 4.78 is 11.1. The zero-order valence-corrected chi connectivity index (χ0v) is 13.7. The Kier molecular flexibility index (Phi) is 6.44. The molecule has 21 heavy (non-hydrogen) atoms. The highest BCUT2D eigenvalue weighted by atomic mass is 32.1. The van der Waals surface area contributed by atoms with E-state index in [0.29, 0.717) is 12.5 Å². The molecule has 0 atom stereocenters. The van der Waals surface area contributed by atoms with Crippen molar-refractivity contribution >= 4 is 12.6 Å². The van der Waals surface area contributed by atoms with Gasteiger partial charge < -0.3 is 9.47 Å². The highest BCUT2D eigenvalue weighted by Gasteiger charge is 2.07. The fraction of sp³-hybridized carbons (Fsp3) is 0.529. The van der Waals surface area contributed by atoms with Crippen molar-refractivity contribution in [2.75, 3.05) is 39.5 Å².